The van der Waals surface area contributed by atoms with Crippen LogP contribution < -0.4 is 10.2 Å². The minimum atomic E-state index is -0.157. The molecular formula is C16H20N2O3S. The highest BCUT2D eigenvalue weighted by Crippen LogP contribution is 2.09. The minimum absolute atomic E-state index is 0.0329. The average Bonchev–Trinajstić information content (AvgIpc) is 2.74. The molecule has 0 unspecified atom stereocenters. The molecule has 118 valence electrons. The van der Waals surface area contributed by atoms with Gasteiger partial charge in [-0.1, -0.05) is 35.6 Å². The molecule has 1 heterocycles. The summed E-state index contributed by atoms with van der Waals surface area (Å²) in [5, 5.41) is 11.8. The maximum Gasteiger partial charge on any atom is 0.308 e. The zero-order valence-electron chi connectivity index (χ0n) is 12.8. The molecular weight excluding hydrogens is 300 g/mol. The Morgan fingerprint density at radius 2 is 1.86 bits per heavy atom. The second-order valence-corrected chi connectivity index (χ2v) is 6.34. The Morgan fingerprint density at radius 3 is 2.41 bits per heavy atom. The number of hydrogen-bond acceptors (Lipinski definition) is 4. The number of benzene rings is 1. The van der Waals surface area contributed by atoms with E-state index >= 15 is 0 Å². The van der Waals surface area contributed by atoms with E-state index in [4.69, 9.17) is 5.11 Å². The molecule has 1 amide bonds. The highest BCUT2D eigenvalue weighted by molar-refractivity contribution is 7.09. The summed E-state index contributed by atoms with van der Waals surface area (Å²) < 4.78 is 1.51. The van der Waals surface area contributed by atoms with Gasteiger partial charge in [-0.15, -0.1) is 0 Å². The van der Waals surface area contributed by atoms with Crippen molar-refractivity contribution >= 4 is 17.2 Å². The quantitative estimate of drug-likeness (QED) is 0.844. The summed E-state index contributed by atoms with van der Waals surface area (Å²) >= 11 is 1.17. The molecule has 1 aromatic carbocycles. The predicted molar refractivity (Wildman–Crippen MR) is 87.1 cm³/mol. The van der Waals surface area contributed by atoms with E-state index in [0.717, 1.165) is 21.7 Å². The summed E-state index contributed by atoms with van der Waals surface area (Å²) in [5.41, 5.74) is 2.82. The number of nitrogens with zero attached hydrogens (tertiary/aromatic N) is 1. The number of rotatable bonds is 6. The monoisotopic (exact) mass is 320 g/mol. The Balaban J connectivity index is 1.83. The number of nitrogens with one attached hydrogen (secondary N) is 1. The highest BCUT2D eigenvalue weighted by Gasteiger charge is 2.10. The lowest BCUT2D eigenvalue weighted by Crippen LogP contribution is -2.32. The topological polar surface area (TPSA) is 71.3 Å². The zero-order valence-corrected chi connectivity index (χ0v) is 13.6. The van der Waals surface area contributed by atoms with Gasteiger partial charge in [-0.2, -0.15) is 0 Å². The number of carbonyl (C=O) groups excluding carboxylic acids is 1. The number of hydrogen-bond donors (Lipinski definition) is 2. The van der Waals surface area contributed by atoms with Crippen molar-refractivity contribution < 1.29 is 9.90 Å². The van der Waals surface area contributed by atoms with Crippen molar-refractivity contribution in [1.82, 2.24) is 9.88 Å². The van der Waals surface area contributed by atoms with Crippen LogP contribution in [0, 0.1) is 13.8 Å². The third kappa shape index (κ3) is 4.05. The van der Waals surface area contributed by atoms with Crippen LogP contribution in [0.5, 0.6) is 0 Å². The Hall–Kier alpha value is -1.92. The molecule has 6 heteroatoms. The van der Waals surface area contributed by atoms with E-state index in [1.165, 1.54) is 15.9 Å². The standard InChI is InChI=1S/C16H20N2O3S/c1-11-12(2)22-16(21)18(11)9-15(20)17-8-7-13-3-5-14(10-19)6-4-13/h3-6,19H,7-10H2,1-2H3,(H,17,20). The van der Waals surface area contributed by atoms with Crippen molar-refractivity contribution in [2.75, 3.05) is 6.54 Å². The summed E-state index contributed by atoms with van der Waals surface area (Å²) in [5.74, 6) is -0.157. The third-order valence-electron chi connectivity index (χ3n) is 3.62. The van der Waals surface area contributed by atoms with Crippen molar-refractivity contribution in [1.29, 1.82) is 0 Å². The number of thiazole rings is 1. The fourth-order valence-corrected chi connectivity index (χ4v) is 2.96. The van der Waals surface area contributed by atoms with Crippen LogP contribution in [-0.4, -0.2) is 22.1 Å². The number of carbonyl (C=O) groups is 1. The summed E-state index contributed by atoms with van der Waals surface area (Å²) in [7, 11) is 0. The van der Waals surface area contributed by atoms with Gasteiger partial charge in [-0.3, -0.25) is 14.2 Å². The van der Waals surface area contributed by atoms with Crippen LogP contribution in [0.1, 0.15) is 21.7 Å². The molecule has 0 aliphatic heterocycles. The first-order chi connectivity index (χ1) is 10.5. The Bertz CT molecular complexity index is 701. The molecule has 0 saturated heterocycles. The van der Waals surface area contributed by atoms with Gasteiger partial charge in [-0.05, 0) is 31.4 Å². The van der Waals surface area contributed by atoms with E-state index in [1.807, 2.05) is 38.1 Å². The van der Waals surface area contributed by atoms with Gasteiger partial charge in [0.05, 0.1) is 6.61 Å². The third-order valence-corrected chi connectivity index (χ3v) is 4.61. The maximum atomic E-state index is 11.9. The van der Waals surface area contributed by atoms with Crippen molar-refractivity contribution in [3.63, 3.8) is 0 Å². The predicted octanol–water partition coefficient (Wildman–Crippen LogP) is 1.38. The fraction of sp³-hybridized carbons (Fsp3) is 0.375. The molecule has 5 nitrogen and oxygen atoms in total. The van der Waals surface area contributed by atoms with E-state index < -0.39 is 0 Å². The highest BCUT2D eigenvalue weighted by atomic mass is 32.1. The molecule has 1 aromatic heterocycles. The number of aliphatic hydroxyl groups is 1. The van der Waals surface area contributed by atoms with E-state index in [9.17, 15) is 9.59 Å². The van der Waals surface area contributed by atoms with Crippen LogP contribution in [0.2, 0.25) is 0 Å². The lowest BCUT2D eigenvalue weighted by Gasteiger charge is -2.07. The number of amides is 1. The van der Waals surface area contributed by atoms with Gasteiger partial charge < -0.3 is 10.4 Å². The molecule has 0 atom stereocenters. The summed E-state index contributed by atoms with van der Waals surface area (Å²) in [6.45, 7) is 4.35. The molecule has 0 aliphatic rings. The normalized spacial score (nSPS) is 10.7. The summed E-state index contributed by atoms with van der Waals surface area (Å²) in [6.07, 6.45) is 0.716. The molecule has 0 saturated carbocycles. The molecule has 0 bridgehead atoms. The van der Waals surface area contributed by atoms with Crippen molar-refractivity contribution in [3.8, 4) is 0 Å². The molecule has 2 aromatic rings. The number of aryl methyl sites for hydroxylation is 1. The number of aliphatic hydroxyl groups excluding tert-OH is 1. The lowest BCUT2D eigenvalue weighted by atomic mass is 10.1. The van der Waals surface area contributed by atoms with Crippen LogP contribution >= 0.6 is 11.3 Å². The largest absolute Gasteiger partial charge is 0.392 e. The van der Waals surface area contributed by atoms with Gasteiger partial charge in [0.15, 0.2) is 0 Å². The average molecular weight is 320 g/mol. The Kier molecular flexibility index (Phi) is 5.51. The zero-order chi connectivity index (χ0) is 16.1. The number of aromatic nitrogens is 1. The Morgan fingerprint density at radius 1 is 1.23 bits per heavy atom. The summed E-state index contributed by atoms with van der Waals surface area (Å²) in [6, 6.07) is 7.62. The molecule has 0 fully saturated rings. The fourth-order valence-electron chi connectivity index (χ4n) is 2.13. The van der Waals surface area contributed by atoms with Gasteiger partial charge in [0.1, 0.15) is 6.54 Å². The lowest BCUT2D eigenvalue weighted by molar-refractivity contribution is -0.121. The van der Waals surface area contributed by atoms with Gasteiger partial charge >= 0.3 is 4.87 Å². The van der Waals surface area contributed by atoms with E-state index in [2.05, 4.69) is 5.32 Å². The van der Waals surface area contributed by atoms with Gasteiger partial charge in [0, 0.05) is 17.1 Å². The van der Waals surface area contributed by atoms with Crippen LogP contribution in [0.4, 0.5) is 0 Å². The second-order valence-electron chi connectivity index (χ2n) is 5.17. The first-order valence-corrected chi connectivity index (χ1v) is 7.95. The summed E-state index contributed by atoms with van der Waals surface area (Å²) in [4.78, 5) is 24.5. The second kappa shape index (κ2) is 7.38. The van der Waals surface area contributed by atoms with E-state index in [0.29, 0.717) is 13.0 Å². The first-order valence-electron chi connectivity index (χ1n) is 7.13. The van der Waals surface area contributed by atoms with Crippen molar-refractivity contribution in [2.45, 2.75) is 33.4 Å². The van der Waals surface area contributed by atoms with Crippen LogP contribution in [0.3, 0.4) is 0 Å². The molecule has 2 rings (SSSR count). The van der Waals surface area contributed by atoms with Crippen LogP contribution in [-0.2, 0) is 24.4 Å². The molecule has 0 spiro atoms. The van der Waals surface area contributed by atoms with E-state index in [-0.39, 0.29) is 23.9 Å². The SMILES string of the molecule is Cc1sc(=O)n(CC(=O)NCCc2ccc(CO)cc2)c1C. The molecule has 0 radical (unpaired) electrons. The molecule has 22 heavy (non-hydrogen) atoms. The maximum absolute atomic E-state index is 11.9. The van der Waals surface area contributed by atoms with Gasteiger partial charge in [0.25, 0.3) is 0 Å². The molecule has 2 N–H and O–H groups in total. The van der Waals surface area contributed by atoms with Gasteiger partial charge in [0.2, 0.25) is 5.91 Å². The van der Waals surface area contributed by atoms with Crippen LogP contribution in [0.25, 0.3) is 0 Å². The smallest absolute Gasteiger partial charge is 0.308 e. The van der Waals surface area contributed by atoms with E-state index in [1.54, 1.807) is 0 Å². The first kappa shape index (κ1) is 16.5. The van der Waals surface area contributed by atoms with Crippen molar-refractivity contribution in [2.24, 2.45) is 0 Å². The Labute approximate surface area is 133 Å². The van der Waals surface area contributed by atoms with Gasteiger partial charge in [-0.25, -0.2) is 0 Å². The van der Waals surface area contributed by atoms with Crippen molar-refractivity contribution in [3.05, 3.63) is 55.6 Å². The van der Waals surface area contributed by atoms with Crippen LogP contribution in [0.15, 0.2) is 29.1 Å². The minimum Gasteiger partial charge on any atom is -0.392 e. The molecule has 0 aliphatic carbocycles.